The molecule has 0 bridgehead atoms. The molecule has 0 unspecified atom stereocenters. The standard InChI is InChI=1S/C27H29N3O5S2/c1-19(20-8-4-3-5-9-20)28-26(31)22-10-6-7-11-24(22)29-37(33,34)21-12-13-25(36-2)23(18-21)27(32)30-14-16-35-17-15-30/h3-13,18-19,29H,14-17H2,1-2H3,(H,28,31)/t19-/m1/s1. The summed E-state index contributed by atoms with van der Waals surface area (Å²) >= 11 is 1.37. The van der Waals surface area contributed by atoms with Crippen LogP contribution in [0.25, 0.3) is 0 Å². The fraction of sp³-hybridized carbons (Fsp3) is 0.259. The minimum atomic E-state index is -4.10. The summed E-state index contributed by atoms with van der Waals surface area (Å²) in [6.07, 6.45) is 1.84. The second-order valence-electron chi connectivity index (χ2n) is 8.52. The number of para-hydroxylation sites is 1. The zero-order valence-electron chi connectivity index (χ0n) is 20.6. The average Bonchev–Trinajstić information content (AvgIpc) is 2.93. The normalized spacial score (nSPS) is 14.6. The second kappa shape index (κ2) is 11.8. The van der Waals surface area contributed by atoms with Gasteiger partial charge < -0.3 is 15.0 Å². The maximum atomic E-state index is 13.4. The number of amides is 2. The Kier molecular flexibility index (Phi) is 8.52. The molecule has 0 radical (unpaired) electrons. The first-order valence-electron chi connectivity index (χ1n) is 11.8. The van der Waals surface area contributed by atoms with E-state index >= 15 is 0 Å². The first-order chi connectivity index (χ1) is 17.8. The summed E-state index contributed by atoms with van der Waals surface area (Å²) in [5.74, 6) is -0.644. The summed E-state index contributed by atoms with van der Waals surface area (Å²) in [5, 5.41) is 2.92. The highest BCUT2D eigenvalue weighted by Crippen LogP contribution is 2.27. The third-order valence-corrected chi connectivity index (χ3v) is 8.23. The van der Waals surface area contributed by atoms with Crippen molar-refractivity contribution in [3.05, 3.63) is 89.5 Å². The molecule has 1 atom stereocenters. The van der Waals surface area contributed by atoms with Gasteiger partial charge in [0.25, 0.3) is 21.8 Å². The number of carbonyl (C=O) groups excluding carboxylic acids is 2. The lowest BCUT2D eigenvalue weighted by molar-refractivity contribution is 0.0300. The van der Waals surface area contributed by atoms with E-state index in [2.05, 4.69) is 10.0 Å². The monoisotopic (exact) mass is 539 g/mol. The van der Waals surface area contributed by atoms with E-state index in [0.717, 1.165) is 5.56 Å². The van der Waals surface area contributed by atoms with Crippen LogP contribution in [0.2, 0.25) is 0 Å². The summed E-state index contributed by atoms with van der Waals surface area (Å²) < 4.78 is 34.6. The number of hydrogen-bond donors (Lipinski definition) is 2. The quantitative estimate of drug-likeness (QED) is 0.417. The Bertz CT molecular complexity index is 1370. The fourth-order valence-corrected chi connectivity index (χ4v) is 5.71. The van der Waals surface area contributed by atoms with Crippen LogP contribution in [0.4, 0.5) is 5.69 Å². The van der Waals surface area contributed by atoms with Crippen molar-refractivity contribution in [1.29, 1.82) is 0 Å². The third kappa shape index (κ3) is 6.33. The molecule has 194 valence electrons. The number of nitrogens with one attached hydrogen (secondary N) is 2. The van der Waals surface area contributed by atoms with Gasteiger partial charge in [0.15, 0.2) is 0 Å². The molecule has 3 aromatic carbocycles. The smallest absolute Gasteiger partial charge is 0.261 e. The van der Waals surface area contributed by atoms with Gasteiger partial charge in [-0.3, -0.25) is 14.3 Å². The molecule has 0 saturated carbocycles. The van der Waals surface area contributed by atoms with Crippen molar-refractivity contribution in [2.75, 3.05) is 37.3 Å². The number of thioether (sulfide) groups is 1. The van der Waals surface area contributed by atoms with Crippen LogP contribution >= 0.6 is 11.8 Å². The van der Waals surface area contributed by atoms with E-state index in [4.69, 9.17) is 4.74 Å². The number of hydrogen-bond acceptors (Lipinski definition) is 6. The lowest BCUT2D eigenvalue weighted by Crippen LogP contribution is -2.41. The largest absolute Gasteiger partial charge is 0.378 e. The molecule has 1 aliphatic heterocycles. The molecule has 0 aliphatic carbocycles. The zero-order chi connectivity index (χ0) is 26.4. The van der Waals surface area contributed by atoms with Crippen molar-refractivity contribution in [2.45, 2.75) is 22.8 Å². The second-order valence-corrected chi connectivity index (χ2v) is 11.1. The van der Waals surface area contributed by atoms with Crippen LogP contribution in [0.15, 0.2) is 82.6 Å². The third-order valence-electron chi connectivity index (χ3n) is 6.07. The van der Waals surface area contributed by atoms with Crippen molar-refractivity contribution in [1.82, 2.24) is 10.2 Å². The van der Waals surface area contributed by atoms with E-state index in [1.807, 2.05) is 43.5 Å². The van der Waals surface area contributed by atoms with Crippen molar-refractivity contribution in [2.24, 2.45) is 0 Å². The number of morpholine rings is 1. The Morgan fingerprint density at radius 3 is 2.32 bits per heavy atom. The van der Waals surface area contributed by atoms with Crippen molar-refractivity contribution >= 4 is 39.3 Å². The molecule has 0 aromatic heterocycles. The number of rotatable bonds is 8. The number of anilines is 1. The number of benzene rings is 3. The van der Waals surface area contributed by atoms with Gasteiger partial charge in [-0.25, -0.2) is 8.42 Å². The van der Waals surface area contributed by atoms with Crippen LogP contribution in [0.5, 0.6) is 0 Å². The summed E-state index contributed by atoms with van der Waals surface area (Å²) in [7, 11) is -4.10. The summed E-state index contributed by atoms with van der Waals surface area (Å²) in [6, 6.07) is 20.1. The van der Waals surface area contributed by atoms with Crippen LogP contribution in [-0.4, -0.2) is 57.7 Å². The molecule has 37 heavy (non-hydrogen) atoms. The maximum Gasteiger partial charge on any atom is 0.261 e. The predicted octanol–water partition coefficient (Wildman–Crippen LogP) is 4.17. The highest BCUT2D eigenvalue weighted by Gasteiger charge is 2.25. The molecule has 2 N–H and O–H groups in total. The number of sulfonamides is 1. The van der Waals surface area contributed by atoms with Crippen LogP contribution in [0.1, 0.15) is 39.2 Å². The Hall–Kier alpha value is -3.34. The van der Waals surface area contributed by atoms with Gasteiger partial charge in [0.1, 0.15) is 0 Å². The molecule has 2 amide bonds. The molecule has 4 rings (SSSR count). The van der Waals surface area contributed by atoms with Gasteiger partial charge in [-0.2, -0.15) is 0 Å². The first kappa shape index (κ1) is 26.7. The summed E-state index contributed by atoms with van der Waals surface area (Å²) in [6.45, 7) is 3.65. The van der Waals surface area contributed by atoms with Gasteiger partial charge in [-0.1, -0.05) is 42.5 Å². The minimum Gasteiger partial charge on any atom is -0.378 e. The van der Waals surface area contributed by atoms with Gasteiger partial charge in [0, 0.05) is 18.0 Å². The maximum absolute atomic E-state index is 13.4. The van der Waals surface area contributed by atoms with E-state index in [9.17, 15) is 18.0 Å². The lowest BCUT2D eigenvalue weighted by atomic mass is 10.1. The molecule has 3 aromatic rings. The first-order valence-corrected chi connectivity index (χ1v) is 14.5. The summed E-state index contributed by atoms with van der Waals surface area (Å²) in [4.78, 5) is 28.5. The number of nitrogens with zero attached hydrogens (tertiary/aromatic N) is 1. The van der Waals surface area contributed by atoms with E-state index < -0.39 is 15.9 Å². The van der Waals surface area contributed by atoms with Gasteiger partial charge in [0.2, 0.25) is 0 Å². The van der Waals surface area contributed by atoms with E-state index in [-0.39, 0.29) is 28.1 Å². The van der Waals surface area contributed by atoms with Crippen molar-refractivity contribution < 1.29 is 22.7 Å². The molecule has 1 heterocycles. The highest BCUT2D eigenvalue weighted by atomic mass is 32.2. The Balaban J connectivity index is 1.58. The van der Waals surface area contributed by atoms with E-state index in [1.165, 1.54) is 30.0 Å². The SMILES string of the molecule is CSc1ccc(S(=O)(=O)Nc2ccccc2C(=O)N[C@H](C)c2ccccc2)cc1C(=O)N1CCOCC1. The van der Waals surface area contributed by atoms with E-state index in [1.54, 1.807) is 29.2 Å². The van der Waals surface area contributed by atoms with Crippen molar-refractivity contribution in [3.63, 3.8) is 0 Å². The summed E-state index contributed by atoms with van der Waals surface area (Å²) in [5.41, 5.74) is 1.59. The van der Waals surface area contributed by atoms with Crippen LogP contribution in [-0.2, 0) is 14.8 Å². The van der Waals surface area contributed by atoms with Gasteiger partial charge >= 0.3 is 0 Å². The molecule has 8 nitrogen and oxygen atoms in total. The lowest BCUT2D eigenvalue weighted by Gasteiger charge is -2.27. The van der Waals surface area contributed by atoms with Crippen LogP contribution in [0, 0.1) is 0 Å². The molecule has 0 spiro atoms. The predicted molar refractivity (Wildman–Crippen MR) is 145 cm³/mol. The van der Waals surface area contributed by atoms with Gasteiger partial charge in [-0.15, -0.1) is 11.8 Å². The van der Waals surface area contributed by atoms with Gasteiger partial charge in [-0.05, 0) is 49.1 Å². The molecule has 1 aliphatic rings. The molecule has 1 fully saturated rings. The number of carbonyl (C=O) groups is 2. The van der Waals surface area contributed by atoms with E-state index in [0.29, 0.717) is 36.8 Å². The van der Waals surface area contributed by atoms with Crippen LogP contribution in [0.3, 0.4) is 0 Å². The fourth-order valence-electron chi connectivity index (χ4n) is 4.03. The topological polar surface area (TPSA) is 105 Å². The molecule has 1 saturated heterocycles. The number of ether oxygens (including phenoxy) is 1. The zero-order valence-corrected chi connectivity index (χ0v) is 22.3. The average molecular weight is 540 g/mol. The Morgan fingerprint density at radius 1 is 0.946 bits per heavy atom. The molecular formula is C27H29N3O5S2. The van der Waals surface area contributed by atoms with Crippen LogP contribution < -0.4 is 10.0 Å². The Labute approximate surface area is 221 Å². The van der Waals surface area contributed by atoms with Gasteiger partial charge in [0.05, 0.1) is 41.0 Å². The highest BCUT2D eigenvalue weighted by molar-refractivity contribution is 7.98. The minimum absolute atomic E-state index is 0.0604. The molecule has 10 heteroatoms. The Morgan fingerprint density at radius 2 is 1.62 bits per heavy atom. The molecular weight excluding hydrogens is 510 g/mol. The van der Waals surface area contributed by atoms with Crippen molar-refractivity contribution in [3.8, 4) is 0 Å².